The molecule has 0 unspecified atom stereocenters. The highest BCUT2D eigenvalue weighted by molar-refractivity contribution is 6.40. The molecular weight excluding hydrogens is 395 g/mol. The minimum atomic E-state index is -1.12. The smallest absolute Gasteiger partial charge is 0.411 e. The number of carboxylic acids is 1. The van der Waals surface area contributed by atoms with E-state index < -0.39 is 29.3 Å². The number of nitrogens with zero attached hydrogens (tertiary/aromatic N) is 2. The van der Waals surface area contributed by atoms with Gasteiger partial charge in [0.15, 0.2) is 5.60 Å². The third-order valence-corrected chi connectivity index (χ3v) is 5.03. The average Bonchev–Trinajstić information content (AvgIpc) is 3.11. The largest absolute Gasteiger partial charge is 0.480 e. The van der Waals surface area contributed by atoms with E-state index in [0.29, 0.717) is 27.7 Å². The van der Waals surface area contributed by atoms with Gasteiger partial charge in [-0.15, -0.1) is 0 Å². The minimum Gasteiger partial charge on any atom is -0.480 e. The average molecular weight is 415 g/mol. The molecule has 146 valence electrons. The zero-order chi connectivity index (χ0) is 20.0. The van der Waals surface area contributed by atoms with E-state index in [2.05, 4.69) is 5.16 Å². The zero-order valence-corrected chi connectivity index (χ0v) is 16.7. The predicted molar refractivity (Wildman–Crippen MR) is 100 cm³/mol. The third kappa shape index (κ3) is 3.99. The molecule has 2 aliphatic rings. The predicted octanol–water partition coefficient (Wildman–Crippen LogP) is 3.95. The van der Waals surface area contributed by atoms with Crippen LogP contribution in [0.2, 0.25) is 10.0 Å². The first-order chi connectivity index (χ1) is 12.5. The van der Waals surface area contributed by atoms with E-state index in [1.165, 1.54) is 4.90 Å². The molecule has 2 heterocycles. The summed E-state index contributed by atoms with van der Waals surface area (Å²) in [6.07, 6.45) is -0.310. The number of oxime groups is 1. The van der Waals surface area contributed by atoms with Gasteiger partial charge in [-0.05, 0) is 32.9 Å². The van der Waals surface area contributed by atoms with Crippen molar-refractivity contribution < 1.29 is 24.3 Å². The van der Waals surface area contributed by atoms with E-state index in [4.69, 9.17) is 32.8 Å². The van der Waals surface area contributed by atoms with Crippen LogP contribution in [0.3, 0.4) is 0 Å². The van der Waals surface area contributed by atoms with Gasteiger partial charge in [0, 0.05) is 18.4 Å². The Kier molecular flexibility index (Phi) is 5.03. The lowest BCUT2D eigenvalue weighted by atomic mass is 9.91. The summed E-state index contributed by atoms with van der Waals surface area (Å²) in [4.78, 5) is 31.0. The van der Waals surface area contributed by atoms with Gasteiger partial charge in [0.1, 0.15) is 11.6 Å². The fraction of sp³-hybridized carbons (Fsp3) is 0.500. The van der Waals surface area contributed by atoms with Gasteiger partial charge in [0.05, 0.1) is 22.3 Å². The summed E-state index contributed by atoms with van der Waals surface area (Å²) in [6, 6.07) is 4.05. The molecule has 0 aromatic heterocycles. The van der Waals surface area contributed by atoms with Crippen LogP contribution < -0.4 is 0 Å². The van der Waals surface area contributed by atoms with Crippen molar-refractivity contribution in [3.05, 3.63) is 33.8 Å². The third-order valence-electron chi connectivity index (χ3n) is 4.40. The molecule has 0 bridgehead atoms. The highest BCUT2D eigenvalue weighted by atomic mass is 35.5. The Hall–Kier alpha value is -1.99. The van der Waals surface area contributed by atoms with Crippen LogP contribution in [0.25, 0.3) is 0 Å². The van der Waals surface area contributed by atoms with E-state index in [9.17, 15) is 14.7 Å². The second kappa shape index (κ2) is 6.87. The highest BCUT2D eigenvalue weighted by Gasteiger charge is 2.55. The van der Waals surface area contributed by atoms with Crippen molar-refractivity contribution in [1.82, 2.24) is 4.90 Å². The first-order valence-electron chi connectivity index (χ1n) is 8.43. The maximum absolute atomic E-state index is 12.5. The van der Waals surface area contributed by atoms with Gasteiger partial charge in [-0.1, -0.05) is 34.4 Å². The van der Waals surface area contributed by atoms with Gasteiger partial charge in [-0.2, -0.15) is 0 Å². The second-order valence-corrected chi connectivity index (χ2v) is 8.57. The molecule has 9 heteroatoms. The molecule has 2 aliphatic heterocycles. The number of carboxylic acid groups (broad SMARTS) is 1. The Morgan fingerprint density at radius 3 is 2.52 bits per heavy atom. The van der Waals surface area contributed by atoms with E-state index in [1.807, 2.05) is 0 Å². The van der Waals surface area contributed by atoms with Crippen molar-refractivity contribution >= 4 is 41.0 Å². The van der Waals surface area contributed by atoms with Gasteiger partial charge >= 0.3 is 12.1 Å². The van der Waals surface area contributed by atoms with Gasteiger partial charge in [0.2, 0.25) is 0 Å². The number of ether oxygens (including phenoxy) is 1. The van der Waals surface area contributed by atoms with Crippen molar-refractivity contribution in [2.24, 2.45) is 5.16 Å². The van der Waals surface area contributed by atoms with Gasteiger partial charge in [-0.3, -0.25) is 4.90 Å². The molecule has 3 rings (SSSR count). The van der Waals surface area contributed by atoms with Crippen LogP contribution in [-0.4, -0.2) is 51.6 Å². The lowest BCUT2D eigenvalue weighted by molar-refractivity contribution is -0.142. The van der Waals surface area contributed by atoms with Crippen LogP contribution in [0.1, 0.15) is 39.2 Å². The summed E-state index contributed by atoms with van der Waals surface area (Å²) >= 11 is 12.5. The Morgan fingerprint density at radius 2 is 1.96 bits per heavy atom. The number of carbonyl (C=O) groups is 2. The monoisotopic (exact) mass is 414 g/mol. The summed E-state index contributed by atoms with van der Waals surface area (Å²) in [5.41, 5.74) is -0.599. The fourth-order valence-corrected chi connectivity index (χ4v) is 3.92. The number of hydrogen-bond acceptors (Lipinski definition) is 5. The molecule has 1 aromatic carbocycles. The van der Waals surface area contributed by atoms with Crippen LogP contribution in [0.5, 0.6) is 0 Å². The summed E-state index contributed by atoms with van der Waals surface area (Å²) in [5.74, 6) is -1.12. The number of carbonyl (C=O) groups excluding carboxylic acids is 1. The van der Waals surface area contributed by atoms with Crippen molar-refractivity contribution in [3.63, 3.8) is 0 Å². The van der Waals surface area contributed by atoms with Crippen molar-refractivity contribution in [2.45, 2.75) is 50.9 Å². The van der Waals surface area contributed by atoms with Crippen molar-refractivity contribution in [3.8, 4) is 0 Å². The summed E-state index contributed by atoms with van der Waals surface area (Å²) in [7, 11) is 0. The number of likely N-dealkylation sites (tertiary alicyclic amines) is 1. The fourth-order valence-electron chi connectivity index (χ4n) is 3.30. The molecule has 1 amide bonds. The lowest BCUT2D eigenvalue weighted by Gasteiger charge is -2.27. The molecule has 0 saturated carbocycles. The number of amides is 1. The van der Waals surface area contributed by atoms with E-state index >= 15 is 0 Å². The van der Waals surface area contributed by atoms with E-state index in [-0.39, 0.29) is 13.0 Å². The molecular formula is C18H20Cl2N2O5. The quantitative estimate of drug-likeness (QED) is 0.790. The maximum Gasteiger partial charge on any atom is 0.411 e. The van der Waals surface area contributed by atoms with Gasteiger partial charge in [-0.25, -0.2) is 9.59 Å². The Morgan fingerprint density at radius 1 is 1.33 bits per heavy atom. The number of halogens is 2. The van der Waals surface area contributed by atoms with Crippen LogP contribution in [0, 0.1) is 0 Å². The first kappa shape index (κ1) is 19.8. The van der Waals surface area contributed by atoms with Crippen LogP contribution in [0.15, 0.2) is 23.4 Å². The first-order valence-corrected chi connectivity index (χ1v) is 9.19. The summed E-state index contributed by atoms with van der Waals surface area (Å²) < 4.78 is 5.34. The van der Waals surface area contributed by atoms with Crippen molar-refractivity contribution in [1.29, 1.82) is 0 Å². The number of aliphatic carboxylic acids is 1. The topological polar surface area (TPSA) is 88.4 Å². The van der Waals surface area contributed by atoms with Gasteiger partial charge < -0.3 is 14.7 Å². The second-order valence-electron chi connectivity index (χ2n) is 7.75. The Bertz CT molecular complexity index is 800. The van der Waals surface area contributed by atoms with Crippen LogP contribution in [0.4, 0.5) is 4.79 Å². The molecule has 2 atom stereocenters. The molecule has 0 aliphatic carbocycles. The molecule has 0 radical (unpaired) electrons. The van der Waals surface area contributed by atoms with Crippen LogP contribution in [-0.2, 0) is 14.4 Å². The molecule has 1 N–H and O–H groups in total. The number of rotatable bonds is 2. The zero-order valence-electron chi connectivity index (χ0n) is 15.2. The highest BCUT2D eigenvalue weighted by Crippen LogP contribution is 2.41. The van der Waals surface area contributed by atoms with E-state index in [0.717, 1.165) is 0 Å². The molecule has 1 aromatic rings. The molecule has 1 fully saturated rings. The standard InChI is InChI=1S/C18H20Cl2N2O5/c1-17(2,3)26-16(25)22-9-18(8-13(22)15(23)24)7-12(21-27-18)14-10(19)5-4-6-11(14)20/h4-6,13H,7-9H2,1-3H3,(H,23,24)/t13-,18-/m0/s1. The maximum atomic E-state index is 12.5. The lowest BCUT2D eigenvalue weighted by Crippen LogP contribution is -2.44. The number of hydrogen-bond donors (Lipinski definition) is 1. The molecule has 1 spiro atoms. The number of benzene rings is 1. The van der Waals surface area contributed by atoms with Crippen molar-refractivity contribution in [2.75, 3.05) is 6.54 Å². The Balaban J connectivity index is 1.83. The summed E-state index contributed by atoms with van der Waals surface area (Å²) in [6.45, 7) is 5.21. The summed E-state index contributed by atoms with van der Waals surface area (Å²) in [5, 5.41) is 14.5. The SMILES string of the molecule is CC(C)(C)OC(=O)N1C[C@]2(CC(c3c(Cl)cccc3Cl)=NO2)C[C@H]1C(=O)O. The molecule has 1 saturated heterocycles. The van der Waals surface area contributed by atoms with E-state index in [1.54, 1.807) is 39.0 Å². The Labute approximate surface area is 166 Å². The molecule has 7 nitrogen and oxygen atoms in total. The normalized spacial score (nSPS) is 24.7. The van der Waals surface area contributed by atoms with Gasteiger partial charge in [0.25, 0.3) is 0 Å². The van der Waals surface area contributed by atoms with Crippen LogP contribution >= 0.6 is 23.2 Å². The molecule has 27 heavy (non-hydrogen) atoms. The minimum absolute atomic E-state index is 0.0496.